The molecule has 1 aliphatic heterocycles. The summed E-state index contributed by atoms with van der Waals surface area (Å²) in [4.78, 5) is 22.5. The van der Waals surface area contributed by atoms with Crippen molar-refractivity contribution in [1.29, 1.82) is 0 Å². The van der Waals surface area contributed by atoms with E-state index in [1.165, 1.54) is 6.07 Å². The normalized spacial score (nSPS) is 15.0. The van der Waals surface area contributed by atoms with Crippen molar-refractivity contribution in [2.24, 2.45) is 0 Å². The van der Waals surface area contributed by atoms with Crippen LogP contribution < -0.4 is 0 Å². The Kier molecular flexibility index (Phi) is 2.34. The summed E-state index contributed by atoms with van der Waals surface area (Å²) in [5, 5.41) is 8.67. The Morgan fingerprint density at radius 1 is 1.35 bits per heavy atom. The SMILES string of the molecule is O=C(O)N1Cc2c(cccc2C(F)(F)F)C1=O. The second kappa shape index (κ2) is 3.47. The fourth-order valence-corrected chi connectivity index (χ4v) is 1.75. The maximum absolute atomic E-state index is 12.6. The molecule has 0 atom stereocenters. The number of halogens is 3. The van der Waals surface area contributed by atoms with Gasteiger partial charge in [0.1, 0.15) is 0 Å². The Bertz CT molecular complexity index is 510. The molecule has 0 aromatic heterocycles. The summed E-state index contributed by atoms with van der Waals surface area (Å²) in [6.07, 6.45) is -6.15. The summed E-state index contributed by atoms with van der Waals surface area (Å²) < 4.78 is 37.9. The maximum atomic E-state index is 12.6. The molecule has 90 valence electrons. The summed E-state index contributed by atoms with van der Waals surface area (Å²) in [5.41, 5.74) is -1.46. The van der Waals surface area contributed by atoms with Gasteiger partial charge in [-0.1, -0.05) is 6.07 Å². The van der Waals surface area contributed by atoms with E-state index in [2.05, 4.69) is 0 Å². The molecule has 17 heavy (non-hydrogen) atoms. The van der Waals surface area contributed by atoms with Gasteiger partial charge in [0.2, 0.25) is 0 Å². The molecule has 0 aliphatic carbocycles. The van der Waals surface area contributed by atoms with Gasteiger partial charge < -0.3 is 5.11 Å². The summed E-state index contributed by atoms with van der Waals surface area (Å²) in [5.74, 6) is -0.918. The summed E-state index contributed by atoms with van der Waals surface area (Å²) in [6, 6.07) is 3.11. The van der Waals surface area contributed by atoms with Crippen LogP contribution >= 0.6 is 0 Å². The van der Waals surface area contributed by atoms with Crippen LogP contribution in [0.4, 0.5) is 18.0 Å². The van der Waals surface area contributed by atoms with Crippen LogP contribution in [0.15, 0.2) is 18.2 Å². The number of imide groups is 1. The van der Waals surface area contributed by atoms with Crippen molar-refractivity contribution in [3.05, 3.63) is 34.9 Å². The van der Waals surface area contributed by atoms with E-state index in [0.29, 0.717) is 4.90 Å². The first kappa shape index (κ1) is 11.4. The van der Waals surface area contributed by atoms with E-state index in [-0.39, 0.29) is 11.1 Å². The molecular formula is C10H6F3NO3. The zero-order valence-electron chi connectivity index (χ0n) is 8.28. The van der Waals surface area contributed by atoms with Gasteiger partial charge in [-0.2, -0.15) is 13.2 Å². The molecule has 1 aromatic carbocycles. The van der Waals surface area contributed by atoms with Gasteiger partial charge in [-0.25, -0.2) is 9.69 Å². The number of amides is 2. The molecule has 7 heteroatoms. The number of hydrogen-bond acceptors (Lipinski definition) is 2. The molecule has 2 rings (SSSR count). The van der Waals surface area contributed by atoms with Crippen molar-refractivity contribution >= 4 is 12.0 Å². The van der Waals surface area contributed by atoms with E-state index in [4.69, 9.17) is 5.11 Å². The second-order valence-electron chi connectivity index (χ2n) is 3.50. The Morgan fingerprint density at radius 3 is 2.53 bits per heavy atom. The zero-order chi connectivity index (χ0) is 12.8. The van der Waals surface area contributed by atoms with Crippen LogP contribution in [0.5, 0.6) is 0 Å². The first-order chi connectivity index (χ1) is 7.82. The first-order valence-electron chi connectivity index (χ1n) is 4.56. The number of carbonyl (C=O) groups is 2. The van der Waals surface area contributed by atoms with Gasteiger partial charge in [0.25, 0.3) is 5.91 Å². The number of hydrogen-bond donors (Lipinski definition) is 1. The largest absolute Gasteiger partial charge is 0.465 e. The van der Waals surface area contributed by atoms with Crippen LogP contribution in [-0.4, -0.2) is 22.0 Å². The van der Waals surface area contributed by atoms with Crippen molar-refractivity contribution in [3.63, 3.8) is 0 Å². The van der Waals surface area contributed by atoms with Gasteiger partial charge >= 0.3 is 12.3 Å². The predicted octanol–water partition coefficient (Wildman–Crippen LogP) is 2.34. The van der Waals surface area contributed by atoms with Crippen LogP contribution in [0, 0.1) is 0 Å². The third-order valence-electron chi connectivity index (χ3n) is 2.50. The molecule has 0 saturated heterocycles. The third kappa shape index (κ3) is 1.73. The van der Waals surface area contributed by atoms with Gasteiger partial charge in [-0.3, -0.25) is 4.79 Å². The van der Waals surface area contributed by atoms with E-state index in [1.54, 1.807) is 0 Å². The molecule has 0 spiro atoms. The van der Waals surface area contributed by atoms with Gasteiger partial charge in [0.05, 0.1) is 12.1 Å². The number of rotatable bonds is 0. The number of fused-ring (bicyclic) bond motifs is 1. The molecule has 2 amide bonds. The van der Waals surface area contributed by atoms with Gasteiger partial charge in [0, 0.05) is 5.56 Å². The van der Waals surface area contributed by atoms with E-state index in [1.807, 2.05) is 0 Å². The van der Waals surface area contributed by atoms with Gasteiger partial charge in [0.15, 0.2) is 0 Å². The number of alkyl halides is 3. The van der Waals surface area contributed by atoms with Crippen molar-refractivity contribution < 1.29 is 27.9 Å². The maximum Gasteiger partial charge on any atom is 0.416 e. The fraction of sp³-hybridized carbons (Fsp3) is 0.200. The van der Waals surface area contributed by atoms with Crippen molar-refractivity contribution in [1.82, 2.24) is 4.90 Å². The molecule has 0 radical (unpaired) electrons. The van der Waals surface area contributed by atoms with Crippen LogP contribution in [0.1, 0.15) is 21.5 Å². The number of nitrogens with zero attached hydrogens (tertiary/aromatic N) is 1. The lowest BCUT2D eigenvalue weighted by atomic mass is 10.0. The molecule has 1 N–H and O–H groups in total. The van der Waals surface area contributed by atoms with Crippen molar-refractivity contribution in [2.45, 2.75) is 12.7 Å². The quantitative estimate of drug-likeness (QED) is 0.763. The Balaban J connectivity index is 2.55. The summed E-state index contributed by atoms with van der Waals surface area (Å²) in [7, 11) is 0. The zero-order valence-corrected chi connectivity index (χ0v) is 8.28. The number of carbonyl (C=O) groups excluding carboxylic acids is 1. The molecule has 1 aliphatic rings. The van der Waals surface area contributed by atoms with Gasteiger partial charge in [-0.05, 0) is 17.7 Å². The molecule has 4 nitrogen and oxygen atoms in total. The average Bonchev–Trinajstić information content (AvgIpc) is 2.55. The second-order valence-corrected chi connectivity index (χ2v) is 3.50. The predicted molar refractivity (Wildman–Crippen MR) is 49.3 cm³/mol. The first-order valence-corrected chi connectivity index (χ1v) is 4.56. The highest BCUT2D eigenvalue weighted by molar-refractivity contribution is 6.06. The monoisotopic (exact) mass is 245 g/mol. The Hall–Kier alpha value is -2.05. The Labute approximate surface area is 93.3 Å². The summed E-state index contributed by atoms with van der Waals surface area (Å²) >= 11 is 0. The van der Waals surface area contributed by atoms with Crippen molar-refractivity contribution in [2.75, 3.05) is 0 Å². The lowest BCUT2D eigenvalue weighted by Gasteiger charge is -2.10. The van der Waals surface area contributed by atoms with Crippen LogP contribution in [0.25, 0.3) is 0 Å². The molecule has 0 fully saturated rings. The van der Waals surface area contributed by atoms with E-state index >= 15 is 0 Å². The molecule has 0 saturated carbocycles. The van der Waals surface area contributed by atoms with E-state index in [0.717, 1.165) is 12.1 Å². The van der Waals surface area contributed by atoms with E-state index in [9.17, 15) is 22.8 Å². The highest BCUT2D eigenvalue weighted by Crippen LogP contribution is 2.36. The summed E-state index contributed by atoms with van der Waals surface area (Å²) in [6.45, 7) is -0.556. The lowest BCUT2D eigenvalue weighted by molar-refractivity contribution is -0.138. The number of benzene rings is 1. The average molecular weight is 245 g/mol. The molecule has 1 aromatic rings. The molecule has 0 unspecified atom stereocenters. The minimum absolute atomic E-state index is 0.206. The molecule has 1 heterocycles. The van der Waals surface area contributed by atoms with E-state index < -0.39 is 30.3 Å². The van der Waals surface area contributed by atoms with Crippen molar-refractivity contribution in [3.8, 4) is 0 Å². The molecule has 0 bridgehead atoms. The number of carboxylic acid groups (broad SMARTS) is 1. The van der Waals surface area contributed by atoms with Crippen LogP contribution in [-0.2, 0) is 12.7 Å². The topological polar surface area (TPSA) is 57.6 Å². The van der Waals surface area contributed by atoms with Crippen LogP contribution in [0.3, 0.4) is 0 Å². The standard InChI is InChI=1S/C10H6F3NO3/c11-10(12,13)7-3-1-2-5-6(7)4-14(8(5)15)9(16)17/h1-3H,4H2,(H,16,17). The minimum atomic E-state index is -4.60. The molecular weight excluding hydrogens is 239 g/mol. The third-order valence-corrected chi connectivity index (χ3v) is 2.50. The highest BCUT2D eigenvalue weighted by Gasteiger charge is 2.40. The lowest BCUT2D eigenvalue weighted by Crippen LogP contribution is -2.29. The van der Waals surface area contributed by atoms with Crippen LogP contribution in [0.2, 0.25) is 0 Å². The smallest absolute Gasteiger partial charge is 0.416 e. The highest BCUT2D eigenvalue weighted by atomic mass is 19.4. The minimum Gasteiger partial charge on any atom is -0.465 e. The Morgan fingerprint density at radius 2 is 2.00 bits per heavy atom. The fourth-order valence-electron chi connectivity index (χ4n) is 1.75. The van der Waals surface area contributed by atoms with Gasteiger partial charge in [-0.15, -0.1) is 0 Å².